The van der Waals surface area contributed by atoms with Crippen molar-refractivity contribution in [2.75, 3.05) is 65.4 Å². The Morgan fingerprint density at radius 1 is 0.309 bits per heavy atom. The lowest BCUT2D eigenvalue weighted by molar-refractivity contribution is -0.280. The van der Waals surface area contributed by atoms with E-state index in [-0.39, 0.29) is 6.54 Å². The summed E-state index contributed by atoms with van der Waals surface area (Å²) < 4.78 is 402. The maximum Gasteiger partial charge on any atom is 0.451 e. The molecule has 0 unspecified atom stereocenters. The van der Waals surface area contributed by atoms with Gasteiger partial charge in [-0.3, -0.25) is 0 Å². The molecule has 0 radical (unpaired) electrons. The lowest BCUT2D eigenvalue weighted by atomic mass is 10.1. The van der Waals surface area contributed by atoms with Crippen LogP contribution in [-0.2, 0) is 0 Å². The second-order valence-corrected chi connectivity index (χ2v) is 13.4. The summed E-state index contributed by atoms with van der Waals surface area (Å²) in [5.74, 6) is -34.3. The highest BCUT2D eigenvalue weighted by Gasteiger charge is 2.57. The Balaban J connectivity index is -0.000000806. The molecule has 0 atom stereocenters. The SMILES string of the molecule is FC(F)(F)C(F)(F)C[N-]CC(F)(F)C(F)(F)F.FC(F)(F)CCC(F)(F)C[N-]CC(F)(F)CCC(F)(F)F.FC(F)(F)C[N-]CC(F)(F)F.FC1(F)CC[N-]CC1(F)F.FC1(F)C[N-]CC1(F)F. The van der Waals surface area contributed by atoms with Crippen LogP contribution in [-0.4, -0.2) is 150 Å². The van der Waals surface area contributed by atoms with E-state index in [2.05, 4.69) is 21.3 Å². The molecule has 0 N–H and O–H groups in total. The second-order valence-electron chi connectivity index (χ2n) is 13.4. The van der Waals surface area contributed by atoms with Crippen LogP contribution in [0.5, 0.6) is 0 Å². The van der Waals surface area contributed by atoms with E-state index in [9.17, 15) is 149 Å². The van der Waals surface area contributed by atoms with Crippen molar-refractivity contribution in [1.82, 2.24) is 0 Å². The lowest BCUT2D eigenvalue weighted by Crippen LogP contribution is -2.47. The Morgan fingerprint density at radius 3 is 0.779 bits per heavy atom. The first kappa shape index (κ1) is 69.7. The van der Waals surface area contributed by atoms with E-state index in [1.165, 1.54) is 0 Å². The van der Waals surface area contributed by atoms with Crippen molar-refractivity contribution in [3.8, 4) is 0 Å². The number of hydrogen-bond donors (Lipinski definition) is 0. The molecule has 2 aliphatic rings. The third kappa shape index (κ3) is 31.6. The highest BCUT2D eigenvalue weighted by atomic mass is 19.4. The van der Waals surface area contributed by atoms with Gasteiger partial charge in [-0.15, -0.1) is 6.54 Å². The van der Waals surface area contributed by atoms with Gasteiger partial charge in [0, 0.05) is 25.7 Å². The van der Waals surface area contributed by atoms with Gasteiger partial charge in [0.15, 0.2) is 0 Å². The molecule has 2 fully saturated rings. The van der Waals surface area contributed by atoms with Crippen LogP contribution < -0.4 is 0 Å². The minimum Gasteiger partial charge on any atom is -0.657 e. The Kier molecular flexibility index (Phi) is 25.8. The predicted octanol–water partition coefficient (Wildman–Crippen LogP) is 15.2. The molecule has 0 aromatic carbocycles. The van der Waals surface area contributed by atoms with Crippen molar-refractivity contribution in [1.29, 1.82) is 0 Å². The molecule has 68 heavy (non-hydrogen) atoms. The van der Waals surface area contributed by atoms with Gasteiger partial charge < -0.3 is 26.6 Å². The van der Waals surface area contributed by atoms with Gasteiger partial charge in [-0.05, 0) is 6.42 Å². The Bertz CT molecular complexity index is 1290. The summed E-state index contributed by atoms with van der Waals surface area (Å²) in [5.41, 5.74) is 0. The first-order valence-electron chi connectivity index (χ1n) is 17.0. The molecule has 0 aliphatic carbocycles. The molecule has 39 heteroatoms. The number of hydrogen-bond acceptors (Lipinski definition) is 0. The summed E-state index contributed by atoms with van der Waals surface area (Å²) in [5, 5.41) is 12.9. The molecule has 2 saturated heterocycles. The Labute approximate surface area is 358 Å². The number of halogens is 34. The van der Waals surface area contributed by atoms with Crippen LogP contribution in [0.3, 0.4) is 0 Å². The van der Waals surface area contributed by atoms with Crippen LogP contribution in [0.1, 0.15) is 32.1 Å². The summed E-state index contributed by atoms with van der Waals surface area (Å²) in [6.07, 6.45) is -38.7. The maximum atomic E-state index is 12.9. The molecular weight excluding hydrogens is 1060 g/mol. The highest BCUT2D eigenvalue weighted by molar-refractivity contribution is 5.09. The van der Waals surface area contributed by atoms with E-state index in [0.717, 1.165) is 0 Å². The van der Waals surface area contributed by atoms with Gasteiger partial charge in [-0.1, -0.05) is 58.9 Å². The van der Waals surface area contributed by atoms with Crippen LogP contribution in [0.15, 0.2) is 0 Å². The third-order valence-corrected chi connectivity index (χ3v) is 6.85. The zero-order valence-corrected chi connectivity index (χ0v) is 32.7. The topological polar surface area (TPSA) is 70.5 Å². The molecule has 0 spiro atoms. The van der Waals surface area contributed by atoms with Gasteiger partial charge in [0.1, 0.15) is 0 Å². The average molecular weight is 1090 g/mol. The number of rotatable bonds is 14. The van der Waals surface area contributed by atoms with Crippen molar-refractivity contribution >= 4 is 0 Å². The maximum absolute atomic E-state index is 12.9. The molecule has 0 aromatic heterocycles. The van der Waals surface area contributed by atoms with Crippen molar-refractivity contribution in [3.05, 3.63) is 26.6 Å². The zero-order valence-electron chi connectivity index (χ0n) is 32.7. The fourth-order valence-electron chi connectivity index (χ4n) is 3.32. The van der Waals surface area contributed by atoms with Crippen LogP contribution in [0.4, 0.5) is 149 Å². The van der Waals surface area contributed by atoms with E-state index >= 15 is 0 Å². The number of nitrogens with zero attached hydrogens (tertiary/aromatic N) is 5. The minimum atomic E-state index is -6.05. The molecule has 0 aromatic rings. The summed E-state index contributed by atoms with van der Waals surface area (Å²) in [4.78, 5) is 0. The summed E-state index contributed by atoms with van der Waals surface area (Å²) in [6, 6.07) is 0. The van der Waals surface area contributed by atoms with Gasteiger partial charge in [0.25, 0.3) is 17.8 Å². The second kappa shape index (κ2) is 25.2. The van der Waals surface area contributed by atoms with Gasteiger partial charge in [0.2, 0.25) is 11.8 Å². The van der Waals surface area contributed by atoms with E-state index in [1.54, 1.807) is 0 Å². The van der Waals surface area contributed by atoms with Gasteiger partial charge >= 0.3 is 54.8 Å². The first-order chi connectivity index (χ1) is 29.4. The molecule has 414 valence electrons. The van der Waals surface area contributed by atoms with Gasteiger partial charge in [-0.25, -0.2) is 52.7 Å². The largest absolute Gasteiger partial charge is 0.657 e. The fourth-order valence-corrected chi connectivity index (χ4v) is 3.32. The van der Waals surface area contributed by atoms with E-state index < -0.39 is 175 Å². The molecule has 2 heterocycles. The van der Waals surface area contributed by atoms with Gasteiger partial charge in [0.05, 0.1) is 0 Å². The average Bonchev–Trinajstić information content (AvgIpc) is 3.31. The lowest BCUT2D eigenvalue weighted by Gasteiger charge is -2.38. The predicted molar refractivity (Wildman–Crippen MR) is 164 cm³/mol. The summed E-state index contributed by atoms with van der Waals surface area (Å²) >= 11 is 0. The Morgan fingerprint density at radius 2 is 0.574 bits per heavy atom. The van der Waals surface area contributed by atoms with E-state index in [4.69, 9.17) is 0 Å². The van der Waals surface area contributed by atoms with Crippen molar-refractivity contribution < 1.29 is 149 Å². The quantitative estimate of drug-likeness (QED) is 0.156. The molecule has 2 aliphatic heterocycles. The normalized spacial score (nSPS) is 19.0. The molecule has 0 bridgehead atoms. The smallest absolute Gasteiger partial charge is 0.451 e. The first-order valence-corrected chi connectivity index (χ1v) is 17.0. The van der Waals surface area contributed by atoms with E-state index in [0.29, 0.717) is 0 Å². The van der Waals surface area contributed by atoms with Crippen LogP contribution in [0.25, 0.3) is 26.6 Å². The van der Waals surface area contributed by atoms with Crippen molar-refractivity contribution in [2.24, 2.45) is 0 Å². The summed E-state index contributed by atoms with van der Waals surface area (Å²) in [7, 11) is 0. The fraction of sp³-hybridized carbons (Fsp3) is 1.00. The molecule has 0 amide bonds. The van der Waals surface area contributed by atoms with Crippen LogP contribution in [0, 0.1) is 0 Å². The molecule has 2 rings (SSSR count). The Hall–Kier alpha value is -2.58. The number of alkyl halides is 34. The molecule has 0 saturated carbocycles. The van der Waals surface area contributed by atoms with Crippen LogP contribution in [0.2, 0.25) is 0 Å². The van der Waals surface area contributed by atoms with Crippen molar-refractivity contribution in [3.63, 3.8) is 0 Å². The summed E-state index contributed by atoms with van der Waals surface area (Å²) in [6.45, 7) is -14.9. The van der Waals surface area contributed by atoms with Crippen molar-refractivity contribution in [2.45, 2.75) is 117 Å². The number of piperidine rings is 1. The monoisotopic (exact) mass is 1090 g/mol. The van der Waals surface area contributed by atoms with Gasteiger partial charge in [-0.2, -0.15) is 96.6 Å². The standard InChI is InChI=1S/C10H12F10N.C6H4F10N.C5H6F4N.C4H4F6N.C4H4F4N/c11-7(12,1-3-9(15,16)17)5-21-6-8(13,14)2-4-10(18,19)20;7-3(8,5(11,12)13)1-17-2-4(9,10)6(14,15)16;6-4(7)1-2-10-3-5(4,8)9;5-3(6,7)1-11-2-4(8,9)10;5-3(6)1-9-2-4(3,7)8/h1-6H2;1-2H2;1-3H2;1-2H2;1-2H2/q5*-1. The third-order valence-electron chi connectivity index (χ3n) is 6.85. The zero-order chi connectivity index (χ0) is 55.1. The highest BCUT2D eigenvalue weighted by Crippen LogP contribution is 2.43. The minimum absolute atomic E-state index is 0.164. The van der Waals surface area contributed by atoms with E-state index in [1.807, 2.05) is 5.32 Å². The van der Waals surface area contributed by atoms with Crippen LogP contribution >= 0.6 is 0 Å². The molecular formula is C29H30F34N5-5. The molecule has 5 nitrogen and oxygen atoms in total.